The Morgan fingerprint density at radius 1 is 1.03 bits per heavy atom. The van der Waals surface area contributed by atoms with E-state index >= 15 is 0 Å². The Labute approximate surface area is 189 Å². The third-order valence-electron chi connectivity index (χ3n) is 5.49. The zero-order chi connectivity index (χ0) is 22.9. The van der Waals surface area contributed by atoms with E-state index in [2.05, 4.69) is 9.88 Å². The van der Waals surface area contributed by atoms with Gasteiger partial charge in [-0.05, 0) is 66.8 Å². The highest BCUT2D eigenvalue weighted by atomic mass is 32.1. The second-order valence-corrected chi connectivity index (χ2v) is 7.72. The van der Waals surface area contributed by atoms with Crippen LogP contribution in [0.2, 0.25) is 0 Å². The third kappa shape index (κ3) is 4.25. The van der Waals surface area contributed by atoms with E-state index in [1.807, 2.05) is 41.4 Å². The largest absolute Gasteiger partial charge is 0.497 e. The van der Waals surface area contributed by atoms with Crippen molar-refractivity contribution >= 4 is 23.0 Å². The van der Waals surface area contributed by atoms with Crippen LogP contribution in [0, 0.1) is 0 Å². The van der Waals surface area contributed by atoms with E-state index in [4.69, 9.17) is 21.7 Å². The molecule has 0 fully saturated rings. The number of alkyl halides is 3. The predicted molar refractivity (Wildman–Crippen MR) is 120 cm³/mol. The van der Waals surface area contributed by atoms with Crippen LogP contribution >= 0.6 is 12.2 Å². The molecular weight excluding hydrogens is 439 g/mol. The lowest BCUT2D eigenvalue weighted by molar-refractivity contribution is -0.137. The average Bonchev–Trinajstić information content (AvgIpc) is 3.26. The number of aromatic nitrogens is 1. The second-order valence-electron chi connectivity index (χ2n) is 7.34. The number of nitrogens with one attached hydrogen (secondary N) is 1. The Morgan fingerprint density at radius 3 is 2.44 bits per heavy atom. The quantitative estimate of drug-likeness (QED) is 0.532. The molecule has 0 radical (unpaired) electrons. The molecule has 0 spiro atoms. The topological polar surface area (TPSA) is 38.7 Å². The number of thiocarbonyl (C=S) groups is 1. The fourth-order valence-electron chi connectivity index (χ4n) is 3.92. The number of anilines is 1. The molecule has 1 atom stereocenters. The summed E-state index contributed by atoms with van der Waals surface area (Å²) < 4.78 is 51.8. The number of hydrogen-bond donors (Lipinski definition) is 1. The Morgan fingerprint density at radius 2 is 1.78 bits per heavy atom. The van der Waals surface area contributed by atoms with E-state index in [0.29, 0.717) is 28.8 Å². The summed E-state index contributed by atoms with van der Waals surface area (Å²) >= 11 is 5.69. The van der Waals surface area contributed by atoms with Gasteiger partial charge in [0.2, 0.25) is 0 Å². The van der Waals surface area contributed by atoms with Crippen molar-refractivity contribution < 1.29 is 22.6 Å². The van der Waals surface area contributed by atoms with E-state index in [1.165, 1.54) is 12.1 Å². The molecule has 4 rings (SSSR count). The zero-order valence-corrected chi connectivity index (χ0v) is 18.3. The first-order valence-corrected chi connectivity index (χ1v) is 10.3. The fourth-order valence-corrected chi connectivity index (χ4v) is 4.23. The molecule has 32 heavy (non-hydrogen) atoms. The molecule has 0 saturated carbocycles. The number of ether oxygens (including phenoxy) is 2. The standard InChI is InChI=1S/C23H22F3N3O2S/c1-30-17-9-10-20(31-2)18(14-17)21-19-4-3-11-28(19)12-13-29(21)22(32)27-16-7-5-15(6-8-16)23(24,25)26/h3-11,14,21H,12-13H2,1-2H3,(H,27,32). The lowest BCUT2D eigenvalue weighted by atomic mass is 9.99. The molecule has 0 amide bonds. The van der Waals surface area contributed by atoms with Gasteiger partial charge >= 0.3 is 6.18 Å². The third-order valence-corrected chi connectivity index (χ3v) is 5.83. The minimum Gasteiger partial charge on any atom is -0.497 e. The van der Waals surface area contributed by atoms with Gasteiger partial charge in [-0.15, -0.1) is 0 Å². The number of hydrogen-bond acceptors (Lipinski definition) is 3. The van der Waals surface area contributed by atoms with Crippen LogP contribution in [0.1, 0.15) is 22.9 Å². The number of fused-ring (bicyclic) bond motifs is 1. The molecular formula is C23H22F3N3O2S. The summed E-state index contributed by atoms with van der Waals surface area (Å²) in [5.74, 6) is 1.37. The van der Waals surface area contributed by atoms with Crippen LogP contribution in [-0.4, -0.2) is 35.3 Å². The van der Waals surface area contributed by atoms with Crippen LogP contribution in [0.25, 0.3) is 0 Å². The Kier molecular flexibility index (Phi) is 6.01. The second kappa shape index (κ2) is 8.74. The van der Waals surface area contributed by atoms with Crippen LogP contribution < -0.4 is 14.8 Å². The molecule has 1 unspecified atom stereocenters. The van der Waals surface area contributed by atoms with E-state index in [9.17, 15) is 13.2 Å². The van der Waals surface area contributed by atoms with Crippen molar-refractivity contribution in [2.45, 2.75) is 18.8 Å². The van der Waals surface area contributed by atoms with Gasteiger partial charge in [-0.2, -0.15) is 13.2 Å². The molecule has 2 aromatic carbocycles. The summed E-state index contributed by atoms with van der Waals surface area (Å²) in [6.07, 6.45) is -2.37. The summed E-state index contributed by atoms with van der Waals surface area (Å²) in [5, 5.41) is 3.50. The van der Waals surface area contributed by atoms with Gasteiger partial charge in [0.05, 0.1) is 19.8 Å². The minimum absolute atomic E-state index is 0.266. The molecule has 1 N–H and O–H groups in total. The molecule has 2 heterocycles. The van der Waals surface area contributed by atoms with Crippen LogP contribution in [0.4, 0.5) is 18.9 Å². The van der Waals surface area contributed by atoms with Crippen molar-refractivity contribution in [1.29, 1.82) is 0 Å². The average molecular weight is 462 g/mol. The first-order valence-electron chi connectivity index (χ1n) is 9.93. The van der Waals surface area contributed by atoms with Crippen LogP contribution in [0.3, 0.4) is 0 Å². The van der Waals surface area contributed by atoms with Gasteiger partial charge in [0, 0.05) is 36.2 Å². The van der Waals surface area contributed by atoms with Crippen LogP contribution in [0.5, 0.6) is 11.5 Å². The number of rotatable bonds is 4. The molecule has 0 saturated heterocycles. The van der Waals surface area contributed by atoms with Gasteiger partial charge in [-0.1, -0.05) is 0 Å². The van der Waals surface area contributed by atoms with E-state index in [0.717, 1.165) is 29.9 Å². The normalized spacial score (nSPS) is 15.8. The van der Waals surface area contributed by atoms with Gasteiger partial charge in [0.15, 0.2) is 5.11 Å². The first-order chi connectivity index (χ1) is 15.3. The molecule has 5 nitrogen and oxygen atoms in total. The lowest BCUT2D eigenvalue weighted by Crippen LogP contribution is -2.44. The van der Waals surface area contributed by atoms with Crippen molar-refractivity contribution in [3.05, 3.63) is 77.6 Å². The maximum Gasteiger partial charge on any atom is 0.416 e. The van der Waals surface area contributed by atoms with Crippen molar-refractivity contribution in [1.82, 2.24) is 9.47 Å². The van der Waals surface area contributed by atoms with Crippen molar-refractivity contribution in [2.75, 3.05) is 26.1 Å². The van der Waals surface area contributed by atoms with Gasteiger partial charge < -0.3 is 24.3 Å². The first kappa shape index (κ1) is 22.0. The molecule has 9 heteroatoms. The predicted octanol–water partition coefficient (Wildman–Crippen LogP) is 5.33. The zero-order valence-electron chi connectivity index (χ0n) is 17.5. The van der Waals surface area contributed by atoms with Crippen LogP contribution in [-0.2, 0) is 12.7 Å². The maximum atomic E-state index is 12.9. The fraction of sp³-hybridized carbons (Fsp3) is 0.261. The van der Waals surface area contributed by atoms with Gasteiger partial charge in [0.25, 0.3) is 0 Å². The lowest BCUT2D eigenvalue weighted by Gasteiger charge is -2.39. The summed E-state index contributed by atoms with van der Waals surface area (Å²) in [6, 6.07) is 14.2. The monoisotopic (exact) mass is 461 g/mol. The maximum absolute atomic E-state index is 12.9. The van der Waals surface area contributed by atoms with Crippen molar-refractivity contribution in [3.63, 3.8) is 0 Å². The number of halogens is 3. The molecule has 1 aliphatic rings. The highest BCUT2D eigenvalue weighted by Gasteiger charge is 2.33. The van der Waals surface area contributed by atoms with E-state index < -0.39 is 11.7 Å². The molecule has 0 aliphatic carbocycles. The minimum atomic E-state index is -4.38. The summed E-state index contributed by atoms with van der Waals surface area (Å²) in [6.45, 7) is 1.33. The highest BCUT2D eigenvalue weighted by molar-refractivity contribution is 7.80. The summed E-state index contributed by atoms with van der Waals surface area (Å²) in [7, 11) is 3.21. The molecule has 0 bridgehead atoms. The van der Waals surface area contributed by atoms with E-state index in [-0.39, 0.29) is 6.04 Å². The SMILES string of the molecule is COc1ccc(OC)c(C2c3cccn3CCN2C(=S)Nc2ccc(C(F)(F)F)cc2)c1. The van der Waals surface area contributed by atoms with Gasteiger partial charge in [0.1, 0.15) is 17.5 Å². The van der Waals surface area contributed by atoms with Crippen LogP contribution in [0.15, 0.2) is 60.8 Å². The van der Waals surface area contributed by atoms with Gasteiger partial charge in [-0.3, -0.25) is 0 Å². The Balaban J connectivity index is 1.68. The molecule has 168 valence electrons. The number of nitrogens with zero attached hydrogens (tertiary/aromatic N) is 2. The highest BCUT2D eigenvalue weighted by Crippen LogP contribution is 2.39. The molecule has 3 aromatic rings. The van der Waals surface area contributed by atoms with Gasteiger partial charge in [-0.25, -0.2) is 0 Å². The Bertz CT molecular complexity index is 1110. The van der Waals surface area contributed by atoms with Crippen molar-refractivity contribution in [2.24, 2.45) is 0 Å². The van der Waals surface area contributed by atoms with E-state index in [1.54, 1.807) is 14.2 Å². The molecule has 1 aromatic heterocycles. The Hall–Kier alpha value is -3.20. The summed E-state index contributed by atoms with van der Waals surface area (Å²) in [5.41, 5.74) is 1.69. The number of methoxy groups -OCH3 is 2. The molecule has 1 aliphatic heterocycles. The summed E-state index contributed by atoms with van der Waals surface area (Å²) in [4.78, 5) is 2.01. The van der Waals surface area contributed by atoms with Crippen molar-refractivity contribution in [3.8, 4) is 11.5 Å². The smallest absolute Gasteiger partial charge is 0.416 e. The number of benzene rings is 2.